The molecule has 7 nitrogen and oxygen atoms in total. The number of oxazole rings is 1. The molecule has 6 aromatic rings. The fourth-order valence-corrected chi connectivity index (χ4v) is 4.27. The molecule has 0 radical (unpaired) electrons. The summed E-state index contributed by atoms with van der Waals surface area (Å²) in [5.41, 5.74) is 0.706. The maximum atomic E-state index is 13.5. The van der Waals surface area contributed by atoms with Crippen LogP contribution in [0.1, 0.15) is 11.5 Å². The minimum atomic E-state index is -0.680. The van der Waals surface area contributed by atoms with Gasteiger partial charge in [-0.15, -0.1) is 0 Å². The predicted molar refractivity (Wildman–Crippen MR) is 140 cm³/mol. The fourth-order valence-electron chi connectivity index (χ4n) is 4.27. The van der Waals surface area contributed by atoms with Gasteiger partial charge in [0.1, 0.15) is 11.1 Å². The van der Waals surface area contributed by atoms with Crippen LogP contribution in [0.2, 0.25) is 0 Å². The van der Waals surface area contributed by atoms with Crippen molar-refractivity contribution < 1.29 is 9.52 Å². The number of hydrogen-bond acceptors (Lipinski definition) is 5. The van der Waals surface area contributed by atoms with Gasteiger partial charge >= 0.3 is 5.69 Å². The van der Waals surface area contributed by atoms with Crippen molar-refractivity contribution in [2.75, 3.05) is 0 Å². The molecule has 0 aliphatic heterocycles. The van der Waals surface area contributed by atoms with Gasteiger partial charge in [-0.1, -0.05) is 66.7 Å². The minimum absolute atomic E-state index is 0.0746. The number of rotatable bonds is 4. The Labute approximate surface area is 204 Å². The largest absolute Gasteiger partial charge is 0.494 e. The number of benzene rings is 4. The molecule has 2 aromatic heterocycles. The molecule has 174 valence electrons. The van der Waals surface area contributed by atoms with E-state index >= 15 is 0 Å². The molecule has 0 atom stereocenters. The SMILES string of the molecule is O=c1c(C=Cc2nc3ccc4ccccc4c3o2)c(O)n(-c2ccccc2)c(=O)n1-c1ccccc1. The molecule has 1 N–H and O–H groups in total. The first-order valence-electron chi connectivity index (χ1n) is 11.3. The Morgan fingerprint density at radius 2 is 1.36 bits per heavy atom. The Morgan fingerprint density at radius 1 is 0.722 bits per heavy atom. The van der Waals surface area contributed by atoms with Crippen LogP contribution in [0.15, 0.2) is 111 Å². The van der Waals surface area contributed by atoms with Crippen molar-refractivity contribution in [3.63, 3.8) is 0 Å². The van der Waals surface area contributed by atoms with Crippen LogP contribution in [0.5, 0.6) is 5.88 Å². The van der Waals surface area contributed by atoms with Crippen LogP contribution >= 0.6 is 0 Å². The van der Waals surface area contributed by atoms with E-state index in [1.165, 1.54) is 12.2 Å². The van der Waals surface area contributed by atoms with Gasteiger partial charge in [-0.2, -0.15) is 0 Å². The van der Waals surface area contributed by atoms with E-state index in [0.717, 1.165) is 19.9 Å². The summed E-state index contributed by atoms with van der Waals surface area (Å²) in [5.74, 6) is -0.204. The lowest BCUT2D eigenvalue weighted by Gasteiger charge is -2.14. The van der Waals surface area contributed by atoms with Crippen molar-refractivity contribution >= 4 is 34.0 Å². The topological polar surface area (TPSA) is 90.3 Å². The summed E-state index contributed by atoms with van der Waals surface area (Å²) in [5, 5.41) is 13.0. The number of aromatic nitrogens is 3. The molecular weight excluding hydrogens is 454 g/mol. The predicted octanol–water partition coefficient (Wildman–Crippen LogP) is 5.16. The normalized spacial score (nSPS) is 11.6. The van der Waals surface area contributed by atoms with Crippen molar-refractivity contribution in [1.29, 1.82) is 0 Å². The molecule has 0 fully saturated rings. The Bertz CT molecular complexity index is 1880. The number of fused-ring (bicyclic) bond motifs is 3. The molecule has 2 heterocycles. The lowest BCUT2D eigenvalue weighted by molar-refractivity contribution is 0.426. The molecule has 0 saturated heterocycles. The van der Waals surface area contributed by atoms with Gasteiger partial charge in [-0.25, -0.2) is 18.9 Å². The number of aromatic hydroxyl groups is 1. The molecule has 36 heavy (non-hydrogen) atoms. The van der Waals surface area contributed by atoms with Gasteiger partial charge in [-0.3, -0.25) is 4.79 Å². The summed E-state index contributed by atoms with van der Waals surface area (Å²) >= 11 is 0. The highest BCUT2D eigenvalue weighted by Gasteiger charge is 2.19. The lowest BCUT2D eigenvalue weighted by Crippen LogP contribution is -2.39. The van der Waals surface area contributed by atoms with Crippen LogP contribution in [0, 0.1) is 0 Å². The standard InChI is InChI=1S/C29H19N3O4/c33-27-23(16-18-25-30-24-17-15-19-9-7-8-14-22(19)26(24)36-25)28(34)32(21-12-5-2-6-13-21)29(35)31(27)20-10-3-1-4-11-20/h1-18,33H. The molecule has 0 aliphatic rings. The molecule has 7 heteroatoms. The molecule has 0 aliphatic carbocycles. The lowest BCUT2D eigenvalue weighted by atomic mass is 10.1. The summed E-state index contributed by atoms with van der Waals surface area (Å²) in [4.78, 5) is 31.3. The molecule has 0 spiro atoms. The summed E-state index contributed by atoms with van der Waals surface area (Å²) in [6.07, 6.45) is 2.93. The first-order chi connectivity index (χ1) is 17.6. The number of para-hydroxylation sites is 2. The Morgan fingerprint density at radius 3 is 2.08 bits per heavy atom. The molecule has 0 amide bonds. The van der Waals surface area contributed by atoms with Crippen LogP contribution in [-0.4, -0.2) is 19.2 Å². The zero-order chi connectivity index (χ0) is 24.6. The molecule has 6 rings (SSSR count). The van der Waals surface area contributed by atoms with Gasteiger partial charge in [0.2, 0.25) is 11.8 Å². The van der Waals surface area contributed by atoms with Crippen LogP contribution in [0.25, 0.3) is 45.4 Å². The highest BCUT2D eigenvalue weighted by atomic mass is 16.3. The Hall–Kier alpha value is -5.17. The summed E-state index contributed by atoms with van der Waals surface area (Å²) in [6.45, 7) is 0. The summed E-state index contributed by atoms with van der Waals surface area (Å²) < 4.78 is 8.12. The van der Waals surface area contributed by atoms with E-state index in [0.29, 0.717) is 22.5 Å². The van der Waals surface area contributed by atoms with Gasteiger partial charge in [-0.05, 0) is 41.8 Å². The van der Waals surface area contributed by atoms with E-state index in [2.05, 4.69) is 4.98 Å². The second kappa shape index (κ2) is 8.56. The average molecular weight is 473 g/mol. The minimum Gasteiger partial charge on any atom is -0.494 e. The smallest absolute Gasteiger partial charge is 0.343 e. The zero-order valence-corrected chi connectivity index (χ0v) is 18.9. The quantitative estimate of drug-likeness (QED) is 0.382. The Kier molecular flexibility index (Phi) is 5.08. The highest BCUT2D eigenvalue weighted by molar-refractivity contribution is 6.03. The van der Waals surface area contributed by atoms with Crippen LogP contribution in [0.4, 0.5) is 0 Å². The first kappa shape index (κ1) is 21.4. The van der Waals surface area contributed by atoms with Gasteiger partial charge in [0.25, 0.3) is 5.56 Å². The maximum Gasteiger partial charge on any atom is 0.343 e. The van der Waals surface area contributed by atoms with Crippen molar-refractivity contribution in [1.82, 2.24) is 14.1 Å². The summed E-state index contributed by atoms with van der Waals surface area (Å²) in [6, 6.07) is 28.9. The van der Waals surface area contributed by atoms with E-state index < -0.39 is 17.1 Å². The van der Waals surface area contributed by atoms with Crippen LogP contribution in [0.3, 0.4) is 0 Å². The van der Waals surface area contributed by atoms with Crippen LogP contribution in [-0.2, 0) is 0 Å². The monoisotopic (exact) mass is 473 g/mol. The highest BCUT2D eigenvalue weighted by Crippen LogP contribution is 2.27. The van der Waals surface area contributed by atoms with E-state index in [1.54, 1.807) is 60.7 Å². The summed E-state index contributed by atoms with van der Waals surface area (Å²) in [7, 11) is 0. The van der Waals surface area contributed by atoms with Gasteiger partial charge in [0.15, 0.2) is 5.58 Å². The van der Waals surface area contributed by atoms with Gasteiger partial charge in [0, 0.05) is 11.5 Å². The molecule has 0 bridgehead atoms. The van der Waals surface area contributed by atoms with E-state index in [-0.39, 0.29) is 11.5 Å². The van der Waals surface area contributed by atoms with Gasteiger partial charge < -0.3 is 9.52 Å². The van der Waals surface area contributed by atoms with Crippen molar-refractivity contribution in [2.45, 2.75) is 0 Å². The third-order valence-corrected chi connectivity index (χ3v) is 5.99. The second-order valence-corrected chi connectivity index (χ2v) is 8.19. The Balaban J connectivity index is 1.55. The zero-order valence-electron chi connectivity index (χ0n) is 18.9. The molecule has 0 unspecified atom stereocenters. The fraction of sp³-hybridized carbons (Fsp3) is 0. The number of nitrogens with zero attached hydrogens (tertiary/aromatic N) is 3. The first-order valence-corrected chi connectivity index (χ1v) is 11.3. The molecule has 0 saturated carbocycles. The second-order valence-electron chi connectivity index (χ2n) is 8.19. The third kappa shape index (κ3) is 3.50. The van der Waals surface area contributed by atoms with E-state index in [1.807, 2.05) is 36.4 Å². The maximum absolute atomic E-state index is 13.5. The average Bonchev–Trinajstić information content (AvgIpc) is 3.33. The van der Waals surface area contributed by atoms with Crippen molar-refractivity contribution in [3.05, 3.63) is 129 Å². The number of hydrogen-bond donors (Lipinski definition) is 1. The molecular formula is C29H19N3O4. The molecule has 4 aromatic carbocycles. The van der Waals surface area contributed by atoms with Crippen molar-refractivity contribution in [3.8, 4) is 17.3 Å². The van der Waals surface area contributed by atoms with Crippen LogP contribution < -0.4 is 11.2 Å². The third-order valence-electron chi connectivity index (χ3n) is 5.99. The van der Waals surface area contributed by atoms with Gasteiger partial charge in [0.05, 0.1) is 11.4 Å². The van der Waals surface area contributed by atoms with Crippen molar-refractivity contribution in [2.24, 2.45) is 0 Å². The van der Waals surface area contributed by atoms with E-state index in [9.17, 15) is 14.7 Å². The van der Waals surface area contributed by atoms with E-state index in [4.69, 9.17) is 4.42 Å².